The second-order valence-corrected chi connectivity index (χ2v) is 5.34. The van der Waals surface area contributed by atoms with E-state index in [1.54, 1.807) is 0 Å². The Morgan fingerprint density at radius 3 is 2.72 bits per heavy atom. The number of benzene rings is 1. The fourth-order valence-electron chi connectivity index (χ4n) is 2.75. The van der Waals surface area contributed by atoms with Crippen LogP contribution in [-0.2, 0) is 0 Å². The summed E-state index contributed by atoms with van der Waals surface area (Å²) in [6.45, 7) is 4.22. The molecule has 3 rings (SSSR count). The van der Waals surface area contributed by atoms with Crippen LogP contribution in [0.2, 0.25) is 0 Å². The van der Waals surface area contributed by atoms with Gasteiger partial charge in [0.25, 0.3) is 0 Å². The number of hydrogen-bond acceptors (Lipinski definition) is 2. The Balaban J connectivity index is 1.94. The van der Waals surface area contributed by atoms with Gasteiger partial charge in [-0.15, -0.1) is 0 Å². The quantitative estimate of drug-likeness (QED) is 0.870. The molecule has 1 aliphatic carbocycles. The second-order valence-electron chi connectivity index (χ2n) is 5.34. The van der Waals surface area contributed by atoms with Crippen molar-refractivity contribution in [3.05, 3.63) is 35.2 Å². The van der Waals surface area contributed by atoms with Gasteiger partial charge in [0.15, 0.2) is 5.82 Å². The van der Waals surface area contributed by atoms with E-state index in [2.05, 4.69) is 42.2 Å². The molecule has 0 atom stereocenters. The lowest BCUT2D eigenvalue weighted by molar-refractivity contribution is 0.672. The SMILES string of the molecule is Cc1ccc(C)c(-c2n[nH]c(C3CCCC3)n2)c1. The molecule has 18 heavy (non-hydrogen) atoms. The van der Waals surface area contributed by atoms with E-state index < -0.39 is 0 Å². The number of aryl methyl sites for hydroxylation is 2. The molecule has 0 unspecified atom stereocenters. The summed E-state index contributed by atoms with van der Waals surface area (Å²) in [6, 6.07) is 6.43. The highest BCUT2D eigenvalue weighted by atomic mass is 15.2. The average molecular weight is 241 g/mol. The highest BCUT2D eigenvalue weighted by Crippen LogP contribution is 2.33. The summed E-state index contributed by atoms with van der Waals surface area (Å²) in [5.41, 5.74) is 3.64. The molecule has 1 aromatic heterocycles. The van der Waals surface area contributed by atoms with Crippen LogP contribution in [-0.4, -0.2) is 15.2 Å². The number of H-pyrrole nitrogens is 1. The third-order valence-corrected chi connectivity index (χ3v) is 3.88. The molecule has 1 aromatic carbocycles. The topological polar surface area (TPSA) is 41.6 Å². The normalized spacial score (nSPS) is 16.3. The molecule has 1 N–H and O–H groups in total. The molecule has 0 saturated heterocycles. The Morgan fingerprint density at radius 1 is 1.17 bits per heavy atom. The number of hydrogen-bond donors (Lipinski definition) is 1. The van der Waals surface area contributed by atoms with Gasteiger partial charge in [-0.1, -0.05) is 30.5 Å². The lowest BCUT2D eigenvalue weighted by Crippen LogP contribution is -1.94. The molecule has 1 aliphatic rings. The molecule has 0 radical (unpaired) electrons. The summed E-state index contributed by atoms with van der Waals surface area (Å²) in [7, 11) is 0. The first-order chi connectivity index (χ1) is 8.74. The van der Waals surface area contributed by atoms with Gasteiger partial charge in [0.1, 0.15) is 5.82 Å². The van der Waals surface area contributed by atoms with Crippen molar-refractivity contribution >= 4 is 0 Å². The van der Waals surface area contributed by atoms with E-state index in [1.165, 1.54) is 36.8 Å². The summed E-state index contributed by atoms with van der Waals surface area (Å²) in [6.07, 6.45) is 5.15. The van der Waals surface area contributed by atoms with Crippen molar-refractivity contribution in [2.75, 3.05) is 0 Å². The van der Waals surface area contributed by atoms with Crippen LogP contribution in [0.25, 0.3) is 11.4 Å². The molecule has 0 spiro atoms. The highest BCUT2D eigenvalue weighted by Gasteiger charge is 2.21. The van der Waals surface area contributed by atoms with Crippen molar-refractivity contribution in [3.63, 3.8) is 0 Å². The zero-order valence-electron chi connectivity index (χ0n) is 11.0. The van der Waals surface area contributed by atoms with E-state index in [0.29, 0.717) is 5.92 Å². The number of rotatable bonds is 2. The zero-order chi connectivity index (χ0) is 12.5. The number of nitrogens with one attached hydrogen (secondary N) is 1. The lowest BCUT2D eigenvalue weighted by Gasteiger charge is -2.03. The third-order valence-electron chi connectivity index (χ3n) is 3.88. The van der Waals surface area contributed by atoms with E-state index in [9.17, 15) is 0 Å². The van der Waals surface area contributed by atoms with Crippen molar-refractivity contribution in [1.82, 2.24) is 15.2 Å². The third kappa shape index (κ3) is 2.05. The van der Waals surface area contributed by atoms with Crippen LogP contribution in [0.3, 0.4) is 0 Å². The van der Waals surface area contributed by atoms with Crippen LogP contribution in [0.1, 0.15) is 48.6 Å². The van der Waals surface area contributed by atoms with Crippen molar-refractivity contribution in [3.8, 4) is 11.4 Å². The van der Waals surface area contributed by atoms with Crippen molar-refractivity contribution in [2.45, 2.75) is 45.4 Å². The van der Waals surface area contributed by atoms with Crippen LogP contribution >= 0.6 is 0 Å². The Bertz CT molecular complexity index is 551. The van der Waals surface area contributed by atoms with Crippen molar-refractivity contribution < 1.29 is 0 Å². The number of nitrogens with zero attached hydrogens (tertiary/aromatic N) is 2. The molecule has 1 heterocycles. The summed E-state index contributed by atoms with van der Waals surface area (Å²) in [5, 5.41) is 7.53. The summed E-state index contributed by atoms with van der Waals surface area (Å²) < 4.78 is 0. The van der Waals surface area contributed by atoms with Crippen LogP contribution < -0.4 is 0 Å². The van der Waals surface area contributed by atoms with E-state index >= 15 is 0 Å². The van der Waals surface area contributed by atoms with Crippen LogP contribution in [0.4, 0.5) is 0 Å². The average Bonchev–Trinajstić information content (AvgIpc) is 3.00. The fourth-order valence-corrected chi connectivity index (χ4v) is 2.75. The maximum Gasteiger partial charge on any atom is 0.181 e. The van der Waals surface area contributed by atoms with E-state index in [-0.39, 0.29) is 0 Å². The van der Waals surface area contributed by atoms with E-state index in [0.717, 1.165) is 17.2 Å². The van der Waals surface area contributed by atoms with Gasteiger partial charge in [-0.3, -0.25) is 5.10 Å². The van der Waals surface area contributed by atoms with Gasteiger partial charge in [-0.05, 0) is 38.3 Å². The fraction of sp³-hybridized carbons (Fsp3) is 0.467. The summed E-state index contributed by atoms with van der Waals surface area (Å²) in [5.74, 6) is 2.51. The standard InChI is InChI=1S/C15H19N3/c1-10-7-8-11(2)13(9-10)15-16-14(17-18-15)12-5-3-4-6-12/h7-9,12H,3-6H2,1-2H3,(H,16,17,18). The van der Waals surface area contributed by atoms with Gasteiger partial charge in [0.2, 0.25) is 0 Å². The Labute approximate surface area is 108 Å². The molecule has 0 aliphatic heterocycles. The molecule has 2 aromatic rings. The predicted molar refractivity (Wildman–Crippen MR) is 72.5 cm³/mol. The van der Waals surface area contributed by atoms with E-state index in [4.69, 9.17) is 4.98 Å². The molecule has 0 bridgehead atoms. The van der Waals surface area contributed by atoms with Gasteiger partial charge < -0.3 is 0 Å². The summed E-state index contributed by atoms with van der Waals surface area (Å²) in [4.78, 5) is 4.70. The lowest BCUT2D eigenvalue weighted by atomic mass is 10.1. The number of aromatic amines is 1. The second kappa shape index (κ2) is 4.56. The molecule has 0 amide bonds. The van der Waals surface area contributed by atoms with Gasteiger partial charge >= 0.3 is 0 Å². The molecule has 94 valence electrons. The first-order valence-corrected chi connectivity index (χ1v) is 6.74. The van der Waals surface area contributed by atoms with Gasteiger partial charge in [0, 0.05) is 11.5 Å². The van der Waals surface area contributed by atoms with Crippen LogP contribution in [0.15, 0.2) is 18.2 Å². The molecule has 3 heteroatoms. The summed E-state index contributed by atoms with van der Waals surface area (Å²) >= 11 is 0. The van der Waals surface area contributed by atoms with E-state index in [1.807, 2.05) is 0 Å². The number of aromatic nitrogens is 3. The first kappa shape index (κ1) is 11.5. The molecule has 1 fully saturated rings. The monoisotopic (exact) mass is 241 g/mol. The van der Waals surface area contributed by atoms with Gasteiger partial charge in [-0.25, -0.2) is 4.98 Å². The Kier molecular flexibility index (Phi) is 2.90. The minimum atomic E-state index is 0.594. The minimum absolute atomic E-state index is 0.594. The maximum absolute atomic E-state index is 4.70. The van der Waals surface area contributed by atoms with Crippen LogP contribution in [0, 0.1) is 13.8 Å². The zero-order valence-corrected chi connectivity index (χ0v) is 11.0. The highest BCUT2D eigenvalue weighted by molar-refractivity contribution is 5.60. The minimum Gasteiger partial charge on any atom is -0.262 e. The largest absolute Gasteiger partial charge is 0.262 e. The maximum atomic E-state index is 4.70. The van der Waals surface area contributed by atoms with Gasteiger partial charge in [0.05, 0.1) is 0 Å². The molecule has 1 saturated carbocycles. The van der Waals surface area contributed by atoms with Crippen LogP contribution in [0.5, 0.6) is 0 Å². The smallest absolute Gasteiger partial charge is 0.181 e. The Morgan fingerprint density at radius 2 is 1.94 bits per heavy atom. The van der Waals surface area contributed by atoms with Crippen molar-refractivity contribution in [1.29, 1.82) is 0 Å². The predicted octanol–water partition coefficient (Wildman–Crippen LogP) is 3.75. The Hall–Kier alpha value is -1.64. The molecular formula is C15H19N3. The molecular weight excluding hydrogens is 222 g/mol. The van der Waals surface area contributed by atoms with Gasteiger partial charge in [-0.2, -0.15) is 5.10 Å². The molecule has 3 nitrogen and oxygen atoms in total. The first-order valence-electron chi connectivity index (χ1n) is 6.74. The van der Waals surface area contributed by atoms with Crippen molar-refractivity contribution in [2.24, 2.45) is 0 Å².